The normalized spacial score (nSPS) is 10.2. The average Bonchev–Trinajstić information content (AvgIpc) is 2.79. The predicted molar refractivity (Wildman–Crippen MR) is 69.8 cm³/mol. The van der Waals surface area contributed by atoms with Crippen molar-refractivity contribution < 1.29 is 9.59 Å². The lowest BCUT2D eigenvalue weighted by Gasteiger charge is -2.05. The van der Waals surface area contributed by atoms with Gasteiger partial charge in [-0.05, 0) is 19.1 Å². The standard InChI is InChI=1S/C13H14N4O2/c1-9-11(13(19)15-8-12(14)18)7-16-17(9)10-5-3-2-4-6-10/h2-7H,8H2,1H3,(H2,14,18)(H,15,19). The highest BCUT2D eigenvalue weighted by molar-refractivity contribution is 5.97. The average molecular weight is 258 g/mol. The van der Waals surface area contributed by atoms with Crippen LogP contribution in [-0.4, -0.2) is 28.1 Å². The molecule has 19 heavy (non-hydrogen) atoms. The topological polar surface area (TPSA) is 90.0 Å². The van der Waals surface area contributed by atoms with Gasteiger partial charge in [0.1, 0.15) is 0 Å². The Morgan fingerprint density at radius 2 is 2.00 bits per heavy atom. The molecule has 0 unspecified atom stereocenters. The molecule has 0 aliphatic carbocycles. The van der Waals surface area contributed by atoms with E-state index in [0.29, 0.717) is 11.3 Å². The molecule has 6 nitrogen and oxygen atoms in total. The molecule has 0 atom stereocenters. The number of rotatable bonds is 4. The van der Waals surface area contributed by atoms with E-state index in [0.717, 1.165) is 5.69 Å². The van der Waals surface area contributed by atoms with E-state index in [9.17, 15) is 9.59 Å². The Hall–Kier alpha value is -2.63. The van der Waals surface area contributed by atoms with Gasteiger partial charge in [-0.2, -0.15) is 5.10 Å². The fourth-order valence-corrected chi connectivity index (χ4v) is 1.72. The summed E-state index contributed by atoms with van der Waals surface area (Å²) >= 11 is 0. The molecule has 0 saturated carbocycles. The lowest BCUT2D eigenvalue weighted by Crippen LogP contribution is -2.33. The van der Waals surface area contributed by atoms with Gasteiger partial charge in [0.05, 0.1) is 29.7 Å². The smallest absolute Gasteiger partial charge is 0.255 e. The van der Waals surface area contributed by atoms with E-state index in [1.54, 1.807) is 11.6 Å². The first-order valence-corrected chi connectivity index (χ1v) is 5.76. The number of carbonyl (C=O) groups excluding carboxylic acids is 2. The zero-order chi connectivity index (χ0) is 13.8. The van der Waals surface area contributed by atoms with Gasteiger partial charge in [-0.25, -0.2) is 4.68 Å². The number of benzene rings is 1. The molecule has 1 aromatic carbocycles. The molecule has 0 saturated heterocycles. The highest BCUT2D eigenvalue weighted by atomic mass is 16.2. The Morgan fingerprint density at radius 1 is 1.32 bits per heavy atom. The second kappa shape index (κ2) is 5.34. The first kappa shape index (κ1) is 12.8. The summed E-state index contributed by atoms with van der Waals surface area (Å²) in [6.07, 6.45) is 1.47. The molecule has 1 aromatic heterocycles. The lowest BCUT2D eigenvalue weighted by molar-refractivity contribution is -0.117. The fourth-order valence-electron chi connectivity index (χ4n) is 1.72. The number of para-hydroxylation sites is 1. The van der Waals surface area contributed by atoms with Gasteiger partial charge in [0.2, 0.25) is 5.91 Å². The molecular weight excluding hydrogens is 244 g/mol. The Bertz CT molecular complexity index is 604. The number of hydrogen-bond donors (Lipinski definition) is 2. The van der Waals surface area contributed by atoms with E-state index in [1.165, 1.54) is 6.20 Å². The molecular formula is C13H14N4O2. The summed E-state index contributed by atoms with van der Waals surface area (Å²) in [7, 11) is 0. The Balaban J connectivity index is 2.24. The molecule has 0 bridgehead atoms. The predicted octanol–water partition coefficient (Wildman–Crippen LogP) is 0.396. The molecule has 0 aliphatic rings. The third kappa shape index (κ3) is 2.79. The largest absolute Gasteiger partial charge is 0.368 e. The number of hydrogen-bond acceptors (Lipinski definition) is 3. The van der Waals surface area contributed by atoms with Gasteiger partial charge in [0.25, 0.3) is 5.91 Å². The monoisotopic (exact) mass is 258 g/mol. The highest BCUT2D eigenvalue weighted by Crippen LogP contribution is 2.13. The molecule has 2 aromatic rings. The van der Waals surface area contributed by atoms with E-state index in [-0.39, 0.29) is 12.5 Å². The molecule has 0 radical (unpaired) electrons. The summed E-state index contributed by atoms with van der Waals surface area (Å²) in [5.41, 5.74) is 6.97. The molecule has 2 amide bonds. The zero-order valence-electron chi connectivity index (χ0n) is 10.5. The van der Waals surface area contributed by atoms with Crippen LogP contribution in [0.4, 0.5) is 0 Å². The second-order valence-electron chi connectivity index (χ2n) is 4.04. The SMILES string of the molecule is Cc1c(C(=O)NCC(N)=O)cnn1-c1ccccc1. The molecule has 3 N–H and O–H groups in total. The summed E-state index contributed by atoms with van der Waals surface area (Å²) in [6, 6.07) is 9.48. The van der Waals surface area contributed by atoms with Crippen molar-refractivity contribution in [2.45, 2.75) is 6.92 Å². The van der Waals surface area contributed by atoms with E-state index in [2.05, 4.69) is 10.4 Å². The van der Waals surface area contributed by atoms with Gasteiger partial charge in [0.15, 0.2) is 0 Å². The van der Waals surface area contributed by atoms with E-state index >= 15 is 0 Å². The van der Waals surface area contributed by atoms with Crippen LogP contribution in [0.25, 0.3) is 5.69 Å². The maximum absolute atomic E-state index is 11.8. The van der Waals surface area contributed by atoms with Crippen LogP contribution in [0.5, 0.6) is 0 Å². The number of nitrogens with zero attached hydrogens (tertiary/aromatic N) is 2. The Kier molecular flexibility index (Phi) is 3.61. The maximum atomic E-state index is 11.8. The van der Waals surface area contributed by atoms with Gasteiger partial charge in [-0.3, -0.25) is 9.59 Å². The van der Waals surface area contributed by atoms with Crippen LogP contribution in [0, 0.1) is 6.92 Å². The fraction of sp³-hybridized carbons (Fsp3) is 0.154. The van der Waals surface area contributed by atoms with Crippen LogP contribution < -0.4 is 11.1 Å². The lowest BCUT2D eigenvalue weighted by atomic mass is 10.2. The van der Waals surface area contributed by atoms with Gasteiger partial charge >= 0.3 is 0 Å². The molecule has 0 spiro atoms. The van der Waals surface area contributed by atoms with Crippen LogP contribution >= 0.6 is 0 Å². The van der Waals surface area contributed by atoms with Crippen molar-refractivity contribution in [3.05, 3.63) is 47.8 Å². The van der Waals surface area contributed by atoms with Crippen molar-refractivity contribution in [3.8, 4) is 5.69 Å². The molecule has 0 fully saturated rings. The Labute approximate surface area is 110 Å². The molecule has 6 heteroatoms. The minimum atomic E-state index is -0.582. The summed E-state index contributed by atoms with van der Waals surface area (Å²) < 4.78 is 1.67. The van der Waals surface area contributed by atoms with Crippen LogP contribution in [-0.2, 0) is 4.79 Å². The minimum absolute atomic E-state index is 0.186. The summed E-state index contributed by atoms with van der Waals surface area (Å²) in [4.78, 5) is 22.5. The first-order chi connectivity index (χ1) is 9.09. The molecule has 0 aliphatic heterocycles. The summed E-state index contributed by atoms with van der Waals surface area (Å²) in [6.45, 7) is 1.61. The van der Waals surface area contributed by atoms with Crippen molar-refractivity contribution in [2.75, 3.05) is 6.54 Å². The van der Waals surface area contributed by atoms with Crippen molar-refractivity contribution >= 4 is 11.8 Å². The van der Waals surface area contributed by atoms with E-state index in [4.69, 9.17) is 5.73 Å². The van der Waals surface area contributed by atoms with Gasteiger partial charge < -0.3 is 11.1 Å². The maximum Gasteiger partial charge on any atom is 0.255 e. The Morgan fingerprint density at radius 3 is 2.63 bits per heavy atom. The second-order valence-corrected chi connectivity index (χ2v) is 4.04. The number of primary amides is 1. The van der Waals surface area contributed by atoms with Crippen molar-refractivity contribution in [1.29, 1.82) is 0 Å². The number of amides is 2. The quantitative estimate of drug-likeness (QED) is 0.831. The van der Waals surface area contributed by atoms with Gasteiger partial charge in [-0.15, -0.1) is 0 Å². The molecule has 1 heterocycles. The highest BCUT2D eigenvalue weighted by Gasteiger charge is 2.15. The van der Waals surface area contributed by atoms with E-state index in [1.807, 2.05) is 30.3 Å². The summed E-state index contributed by atoms with van der Waals surface area (Å²) in [5.74, 6) is -0.945. The third-order valence-electron chi connectivity index (χ3n) is 2.68. The summed E-state index contributed by atoms with van der Waals surface area (Å²) in [5, 5.41) is 6.61. The minimum Gasteiger partial charge on any atom is -0.368 e. The third-order valence-corrected chi connectivity index (χ3v) is 2.68. The van der Waals surface area contributed by atoms with E-state index < -0.39 is 5.91 Å². The number of nitrogens with one attached hydrogen (secondary N) is 1. The number of carbonyl (C=O) groups is 2. The van der Waals surface area contributed by atoms with Crippen LogP contribution in [0.15, 0.2) is 36.5 Å². The van der Waals surface area contributed by atoms with Crippen molar-refractivity contribution in [2.24, 2.45) is 5.73 Å². The van der Waals surface area contributed by atoms with Crippen molar-refractivity contribution in [1.82, 2.24) is 15.1 Å². The molecule has 98 valence electrons. The van der Waals surface area contributed by atoms with Crippen molar-refractivity contribution in [3.63, 3.8) is 0 Å². The number of nitrogens with two attached hydrogens (primary N) is 1. The van der Waals surface area contributed by atoms with Gasteiger partial charge in [-0.1, -0.05) is 18.2 Å². The number of aromatic nitrogens is 2. The molecule has 2 rings (SSSR count). The van der Waals surface area contributed by atoms with Crippen LogP contribution in [0.1, 0.15) is 16.1 Å². The van der Waals surface area contributed by atoms with Crippen LogP contribution in [0.2, 0.25) is 0 Å². The van der Waals surface area contributed by atoms with Crippen LogP contribution in [0.3, 0.4) is 0 Å². The first-order valence-electron chi connectivity index (χ1n) is 5.76. The van der Waals surface area contributed by atoms with Gasteiger partial charge in [0, 0.05) is 0 Å². The zero-order valence-corrected chi connectivity index (χ0v) is 10.5.